The van der Waals surface area contributed by atoms with Gasteiger partial charge >= 0.3 is 0 Å². The minimum Gasteiger partial charge on any atom is -0.273 e. The second-order valence-corrected chi connectivity index (χ2v) is 8.96. The molecule has 1 aromatic heterocycles. The van der Waals surface area contributed by atoms with Gasteiger partial charge in [0.25, 0.3) is 5.91 Å². The van der Waals surface area contributed by atoms with Crippen molar-refractivity contribution in [3.63, 3.8) is 0 Å². The van der Waals surface area contributed by atoms with Crippen molar-refractivity contribution in [2.45, 2.75) is 17.7 Å². The molecule has 2 N–H and O–H groups in total. The van der Waals surface area contributed by atoms with Crippen molar-refractivity contribution >= 4 is 33.2 Å². The van der Waals surface area contributed by atoms with E-state index in [2.05, 4.69) is 10.9 Å². The first kappa shape index (κ1) is 19.5. The summed E-state index contributed by atoms with van der Waals surface area (Å²) < 4.78 is 39.6. The van der Waals surface area contributed by atoms with Gasteiger partial charge < -0.3 is 0 Å². The highest BCUT2D eigenvalue weighted by atomic mass is 32.2. The van der Waals surface area contributed by atoms with E-state index in [0.717, 1.165) is 12.1 Å². The number of amides is 2. The van der Waals surface area contributed by atoms with Crippen LogP contribution >= 0.6 is 11.3 Å². The second-order valence-electron chi connectivity index (χ2n) is 6.08. The van der Waals surface area contributed by atoms with Gasteiger partial charge in [-0.2, -0.15) is 4.31 Å². The molecule has 0 bridgehead atoms. The fourth-order valence-electron chi connectivity index (χ4n) is 2.82. The van der Waals surface area contributed by atoms with E-state index in [0.29, 0.717) is 17.7 Å². The molecule has 0 aliphatic carbocycles. The smallest absolute Gasteiger partial charge is 0.273 e. The fraction of sp³-hybridized carbons (Fsp3) is 0.294. The van der Waals surface area contributed by atoms with Crippen LogP contribution in [0.4, 0.5) is 4.39 Å². The lowest BCUT2D eigenvalue weighted by molar-refractivity contribution is -0.126. The topological polar surface area (TPSA) is 95.6 Å². The van der Waals surface area contributed by atoms with Gasteiger partial charge in [0, 0.05) is 13.1 Å². The maximum absolute atomic E-state index is 13.0. The minimum absolute atomic E-state index is 0.000412. The maximum Gasteiger partial charge on any atom is 0.279 e. The van der Waals surface area contributed by atoms with Crippen LogP contribution in [0.25, 0.3) is 0 Å². The lowest BCUT2D eigenvalue weighted by Crippen LogP contribution is -2.49. The van der Waals surface area contributed by atoms with E-state index in [1.807, 2.05) is 0 Å². The Bertz CT molecular complexity index is 914. The number of sulfonamides is 1. The van der Waals surface area contributed by atoms with Crippen LogP contribution in [-0.2, 0) is 14.8 Å². The Morgan fingerprint density at radius 3 is 2.56 bits per heavy atom. The fourth-order valence-corrected chi connectivity index (χ4v) is 4.96. The van der Waals surface area contributed by atoms with E-state index in [1.54, 1.807) is 17.5 Å². The summed E-state index contributed by atoms with van der Waals surface area (Å²) in [6.45, 7) is 0.283. The van der Waals surface area contributed by atoms with Gasteiger partial charge in [-0.05, 0) is 48.6 Å². The molecule has 1 aromatic carbocycles. The van der Waals surface area contributed by atoms with E-state index < -0.39 is 33.6 Å². The zero-order valence-corrected chi connectivity index (χ0v) is 15.9. The van der Waals surface area contributed by atoms with E-state index in [4.69, 9.17) is 0 Å². The van der Waals surface area contributed by atoms with Crippen LogP contribution in [0.2, 0.25) is 0 Å². The molecular weight excluding hydrogens is 393 g/mol. The molecule has 1 aliphatic heterocycles. The van der Waals surface area contributed by atoms with Gasteiger partial charge in [-0.3, -0.25) is 20.4 Å². The number of hydrazine groups is 1. The van der Waals surface area contributed by atoms with Gasteiger partial charge in [0.05, 0.1) is 15.7 Å². The first-order valence-electron chi connectivity index (χ1n) is 8.27. The number of hydrogen-bond acceptors (Lipinski definition) is 5. The van der Waals surface area contributed by atoms with Gasteiger partial charge in [-0.25, -0.2) is 12.8 Å². The molecule has 0 saturated carbocycles. The predicted molar refractivity (Wildman–Crippen MR) is 97.8 cm³/mol. The van der Waals surface area contributed by atoms with Crippen molar-refractivity contribution in [2.75, 3.05) is 13.1 Å². The van der Waals surface area contributed by atoms with Crippen LogP contribution in [0, 0.1) is 11.7 Å². The Labute approximate surface area is 160 Å². The van der Waals surface area contributed by atoms with Crippen molar-refractivity contribution in [2.24, 2.45) is 5.92 Å². The normalized spacial score (nSPS) is 18.0. The highest BCUT2D eigenvalue weighted by molar-refractivity contribution is 7.89. The Morgan fingerprint density at radius 1 is 1.15 bits per heavy atom. The predicted octanol–water partition coefficient (Wildman–Crippen LogP) is 1.75. The lowest BCUT2D eigenvalue weighted by atomic mass is 9.99. The van der Waals surface area contributed by atoms with E-state index in [-0.39, 0.29) is 18.0 Å². The standard InChI is InChI=1S/C17H18FN3O4S2/c18-13-5-7-14(8-6-13)27(24,25)21-9-1-3-12(11-21)16(22)19-20-17(23)15-4-2-10-26-15/h2,4-8,10,12H,1,3,9,11H2,(H,19,22)(H,20,23)/t12-/m0/s1. The Kier molecular flexibility index (Phi) is 5.88. The number of rotatable bonds is 4. The molecule has 1 aliphatic rings. The average Bonchev–Trinajstić information content (AvgIpc) is 3.21. The largest absolute Gasteiger partial charge is 0.279 e. The van der Waals surface area contributed by atoms with Gasteiger partial charge in [-0.15, -0.1) is 11.3 Å². The summed E-state index contributed by atoms with van der Waals surface area (Å²) in [6, 6.07) is 7.93. The number of carbonyl (C=O) groups excluding carboxylic acids is 2. The van der Waals surface area contributed by atoms with Crippen LogP contribution < -0.4 is 10.9 Å². The molecular formula is C17H18FN3O4S2. The van der Waals surface area contributed by atoms with E-state index in [1.165, 1.54) is 27.8 Å². The van der Waals surface area contributed by atoms with E-state index in [9.17, 15) is 22.4 Å². The number of nitrogens with zero attached hydrogens (tertiary/aromatic N) is 1. The third-order valence-electron chi connectivity index (χ3n) is 4.25. The minimum atomic E-state index is -3.81. The molecule has 10 heteroatoms. The summed E-state index contributed by atoms with van der Waals surface area (Å²) >= 11 is 1.24. The molecule has 2 heterocycles. The maximum atomic E-state index is 13.0. The van der Waals surface area contributed by atoms with E-state index >= 15 is 0 Å². The Balaban J connectivity index is 1.62. The molecule has 2 aromatic rings. The third-order valence-corrected chi connectivity index (χ3v) is 7.00. The molecule has 3 rings (SSSR count). The number of piperidine rings is 1. The number of benzene rings is 1. The quantitative estimate of drug-likeness (QED) is 0.750. The lowest BCUT2D eigenvalue weighted by Gasteiger charge is -2.31. The third kappa shape index (κ3) is 4.52. The highest BCUT2D eigenvalue weighted by Gasteiger charge is 2.33. The van der Waals surface area contributed by atoms with Crippen LogP contribution in [0.3, 0.4) is 0 Å². The molecule has 27 heavy (non-hydrogen) atoms. The molecule has 0 unspecified atom stereocenters. The van der Waals surface area contributed by atoms with Gasteiger partial charge in [0.1, 0.15) is 5.82 Å². The summed E-state index contributed by atoms with van der Waals surface area (Å²) in [4.78, 5) is 24.6. The first-order chi connectivity index (χ1) is 12.9. The zero-order valence-electron chi connectivity index (χ0n) is 14.2. The molecule has 144 valence electrons. The van der Waals surface area contributed by atoms with Crippen LogP contribution in [-0.4, -0.2) is 37.6 Å². The second kappa shape index (κ2) is 8.15. The van der Waals surface area contributed by atoms with Crippen LogP contribution in [0.5, 0.6) is 0 Å². The molecule has 0 radical (unpaired) electrons. The Morgan fingerprint density at radius 2 is 1.89 bits per heavy atom. The van der Waals surface area contributed by atoms with Gasteiger partial charge in [0.15, 0.2) is 0 Å². The summed E-state index contributed by atoms with van der Waals surface area (Å²) in [5, 5.41) is 1.75. The van der Waals surface area contributed by atoms with Crippen LogP contribution in [0.15, 0.2) is 46.7 Å². The van der Waals surface area contributed by atoms with Crippen molar-refractivity contribution in [1.82, 2.24) is 15.2 Å². The van der Waals surface area contributed by atoms with Crippen molar-refractivity contribution in [3.8, 4) is 0 Å². The van der Waals surface area contributed by atoms with Crippen molar-refractivity contribution in [1.29, 1.82) is 0 Å². The zero-order chi connectivity index (χ0) is 19.4. The SMILES string of the molecule is O=C(NNC(=O)[C@H]1CCCN(S(=O)(=O)c2ccc(F)cc2)C1)c1cccs1. The molecule has 7 nitrogen and oxygen atoms in total. The molecule has 1 atom stereocenters. The summed E-state index contributed by atoms with van der Waals surface area (Å²) in [5.41, 5.74) is 4.69. The number of thiophene rings is 1. The highest BCUT2D eigenvalue weighted by Crippen LogP contribution is 2.24. The Hall–Kier alpha value is -2.30. The van der Waals surface area contributed by atoms with Gasteiger partial charge in [0.2, 0.25) is 15.9 Å². The van der Waals surface area contributed by atoms with Crippen molar-refractivity contribution < 1.29 is 22.4 Å². The summed E-state index contributed by atoms with van der Waals surface area (Å²) in [5.74, 6) is -1.98. The molecule has 1 saturated heterocycles. The first-order valence-corrected chi connectivity index (χ1v) is 10.6. The molecule has 1 fully saturated rings. The number of carbonyl (C=O) groups is 2. The van der Waals surface area contributed by atoms with Gasteiger partial charge in [-0.1, -0.05) is 6.07 Å². The average molecular weight is 411 g/mol. The molecule has 2 amide bonds. The number of halogens is 1. The summed E-state index contributed by atoms with van der Waals surface area (Å²) in [6.07, 6.45) is 1.02. The number of hydrogen-bond donors (Lipinski definition) is 2. The molecule has 0 spiro atoms. The number of nitrogens with one attached hydrogen (secondary N) is 2. The monoisotopic (exact) mass is 411 g/mol. The summed E-state index contributed by atoms with van der Waals surface area (Å²) in [7, 11) is -3.81. The van der Waals surface area contributed by atoms with Crippen molar-refractivity contribution in [3.05, 3.63) is 52.5 Å². The van der Waals surface area contributed by atoms with Crippen LogP contribution in [0.1, 0.15) is 22.5 Å².